The number of rotatable bonds is 2. The molecule has 0 spiro atoms. The van der Waals surface area contributed by atoms with E-state index in [0.717, 1.165) is 31.6 Å². The van der Waals surface area contributed by atoms with Gasteiger partial charge in [0.15, 0.2) is 0 Å². The van der Waals surface area contributed by atoms with Crippen LogP contribution in [0.2, 0.25) is 0 Å². The molecule has 82 valence electrons. The third kappa shape index (κ3) is 2.21. The predicted molar refractivity (Wildman–Crippen MR) is 58.0 cm³/mol. The first-order valence-corrected chi connectivity index (χ1v) is 5.18. The van der Waals surface area contributed by atoms with E-state index in [4.69, 9.17) is 15.2 Å². The van der Waals surface area contributed by atoms with E-state index in [9.17, 15) is 0 Å². The molecule has 0 amide bonds. The zero-order chi connectivity index (χ0) is 10.7. The van der Waals surface area contributed by atoms with E-state index in [1.807, 2.05) is 12.3 Å². The first-order valence-electron chi connectivity index (χ1n) is 5.18. The SMILES string of the molecule is COc1ncc(C2CCCOC2)cc1N. The van der Waals surface area contributed by atoms with Gasteiger partial charge in [-0.25, -0.2) is 4.98 Å². The van der Waals surface area contributed by atoms with Gasteiger partial charge in [0.25, 0.3) is 0 Å². The van der Waals surface area contributed by atoms with Crippen molar-refractivity contribution in [3.63, 3.8) is 0 Å². The summed E-state index contributed by atoms with van der Waals surface area (Å²) in [6, 6.07) is 1.94. The van der Waals surface area contributed by atoms with Crippen LogP contribution in [-0.2, 0) is 4.74 Å². The lowest BCUT2D eigenvalue weighted by Crippen LogP contribution is -2.16. The van der Waals surface area contributed by atoms with E-state index in [1.165, 1.54) is 0 Å². The fourth-order valence-corrected chi connectivity index (χ4v) is 1.88. The molecular weight excluding hydrogens is 192 g/mol. The fourth-order valence-electron chi connectivity index (χ4n) is 1.88. The largest absolute Gasteiger partial charge is 0.480 e. The summed E-state index contributed by atoms with van der Waals surface area (Å²) in [6.07, 6.45) is 4.08. The zero-order valence-corrected chi connectivity index (χ0v) is 8.90. The molecule has 1 aromatic rings. The average molecular weight is 208 g/mol. The molecular formula is C11H16N2O2. The van der Waals surface area contributed by atoms with Gasteiger partial charge < -0.3 is 15.2 Å². The van der Waals surface area contributed by atoms with Crippen LogP contribution >= 0.6 is 0 Å². The summed E-state index contributed by atoms with van der Waals surface area (Å²) in [6.45, 7) is 1.64. The number of hydrogen-bond donors (Lipinski definition) is 1. The summed E-state index contributed by atoms with van der Waals surface area (Å²) >= 11 is 0. The summed E-state index contributed by atoms with van der Waals surface area (Å²) < 4.78 is 10.5. The van der Waals surface area contributed by atoms with E-state index in [0.29, 0.717) is 17.5 Å². The lowest BCUT2D eigenvalue weighted by atomic mass is 9.95. The van der Waals surface area contributed by atoms with Gasteiger partial charge in [-0.05, 0) is 24.5 Å². The summed E-state index contributed by atoms with van der Waals surface area (Å²) in [5, 5.41) is 0. The Morgan fingerprint density at radius 3 is 3.07 bits per heavy atom. The van der Waals surface area contributed by atoms with Crippen LogP contribution in [0.15, 0.2) is 12.3 Å². The summed E-state index contributed by atoms with van der Waals surface area (Å²) in [5.74, 6) is 0.926. The molecule has 1 aliphatic rings. The highest BCUT2D eigenvalue weighted by molar-refractivity contribution is 5.50. The molecule has 0 aliphatic carbocycles. The highest BCUT2D eigenvalue weighted by Crippen LogP contribution is 2.28. The van der Waals surface area contributed by atoms with Crippen LogP contribution in [0, 0.1) is 0 Å². The molecule has 1 fully saturated rings. The summed E-state index contributed by atoms with van der Waals surface area (Å²) in [5.41, 5.74) is 7.55. The average Bonchev–Trinajstić information content (AvgIpc) is 2.30. The standard InChI is InChI=1S/C11H16N2O2/c1-14-11-10(12)5-9(6-13-11)8-3-2-4-15-7-8/h5-6,8H,2-4,7,12H2,1H3. The number of anilines is 1. The first-order chi connectivity index (χ1) is 7.31. The molecule has 2 heterocycles. The molecule has 4 nitrogen and oxygen atoms in total. The smallest absolute Gasteiger partial charge is 0.236 e. The molecule has 0 radical (unpaired) electrons. The van der Waals surface area contributed by atoms with Crippen molar-refractivity contribution in [2.24, 2.45) is 0 Å². The Hall–Kier alpha value is -1.29. The van der Waals surface area contributed by atoms with Crippen molar-refractivity contribution in [3.8, 4) is 5.88 Å². The molecule has 0 aromatic carbocycles. The molecule has 1 saturated heterocycles. The first kappa shape index (κ1) is 10.2. The molecule has 1 unspecified atom stereocenters. The van der Waals surface area contributed by atoms with E-state index < -0.39 is 0 Å². The van der Waals surface area contributed by atoms with E-state index in [2.05, 4.69) is 4.98 Å². The highest BCUT2D eigenvalue weighted by Gasteiger charge is 2.17. The normalized spacial score (nSPS) is 21.3. The van der Waals surface area contributed by atoms with Gasteiger partial charge in [0.1, 0.15) is 0 Å². The second kappa shape index (κ2) is 4.49. The molecule has 15 heavy (non-hydrogen) atoms. The molecule has 0 bridgehead atoms. The minimum Gasteiger partial charge on any atom is -0.480 e. The van der Waals surface area contributed by atoms with Gasteiger partial charge in [-0.2, -0.15) is 0 Å². The topological polar surface area (TPSA) is 57.4 Å². The van der Waals surface area contributed by atoms with Gasteiger partial charge in [-0.1, -0.05) is 0 Å². The summed E-state index contributed by atoms with van der Waals surface area (Å²) in [7, 11) is 1.57. The van der Waals surface area contributed by atoms with Crippen LogP contribution in [0.3, 0.4) is 0 Å². The van der Waals surface area contributed by atoms with Crippen molar-refractivity contribution in [3.05, 3.63) is 17.8 Å². The Kier molecular flexibility index (Phi) is 3.06. The number of nitrogens with two attached hydrogens (primary N) is 1. The highest BCUT2D eigenvalue weighted by atomic mass is 16.5. The van der Waals surface area contributed by atoms with Crippen molar-refractivity contribution in [1.82, 2.24) is 4.98 Å². The van der Waals surface area contributed by atoms with Crippen LogP contribution in [0.25, 0.3) is 0 Å². The maximum Gasteiger partial charge on any atom is 0.236 e. The predicted octanol–water partition coefficient (Wildman–Crippen LogP) is 1.57. The number of ether oxygens (including phenoxy) is 2. The van der Waals surface area contributed by atoms with Gasteiger partial charge in [-0.15, -0.1) is 0 Å². The van der Waals surface area contributed by atoms with Crippen LogP contribution in [0.1, 0.15) is 24.3 Å². The van der Waals surface area contributed by atoms with Crippen LogP contribution in [-0.4, -0.2) is 25.3 Å². The number of hydrogen-bond acceptors (Lipinski definition) is 4. The fraction of sp³-hybridized carbons (Fsp3) is 0.545. The van der Waals surface area contributed by atoms with Gasteiger partial charge in [0, 0.05) is 18.7 Å². The molecule has 1 atom stereocenters. The van der Waals surface area contributed by atoms with Crippen LogP contribution in [0.4, 0.5) is 5.69 Å². The molecule has 2 rings (SSSR count). The second-order valence-corrected chi connectivity index (χ2v) is 3.78. The molecule has 4 heteroatoms. The summed E-state index contributed by atoms with van der Waals surface area (Å²) in [4.78, 5) is 4.17. The third-order valence-electron chi connectivity index (χ3n) is 2.73. The molecule has 1 aliphatic heterocycles. The Morgan fingerprint density at radius 2 is 2.47 bits per heavy atom. The van der Waals surface area contributed by atoms with Crippen molar-refractivity contribution in [1.29, 1.82) is 0 Å². The van der Waals surface area contributed by atoms with E-state index in [-0.39, 0.29) is 0 Å². The molecule has 0 saturated carbocycles. The van der Waals surface area contributed by atoms with Crippen molar-refractivity contribution < 1.29 is 9.47 Å². The van der Waals surface area contributed by atoms with Crippen molar-refractivity contribution >= 4 is 5.69 Å². The third-order valence-corrected chi connectivity index (χ3v) is 2.73. The van der Waals surface area contributed by atoms with Crippen LogP contribution < -0.4 is 10.5 Å². The maximum atomic E-state index is 5.81. The Balaban J connectivity index is 2.17. The van der Waals surface area contributed by atoms with Crippen molar-refractivity contribution in [2.45, 2.75) is 18.8 Å². The number of pyridine rings is 1. The number of methoxy groups -OCH3 is 1. The molecule has 2 N–H and O–H groups in total. The van der Waals surface area contributed by atoms with Gasteiger partial charge in [0.05, 0.1) is 19.4 Å². The Bertz CT molecular complexity index is 335. The quantitative estimate of drug-likeness (QED) is 0.801. The lowest BCUT2D eigenvalue weighted by Gasteiger charge is -2.22. The monoisotopic (exact) mass is 208 g/mol. The Labute approximate surface area is 89.4 Å². The Morgan fingerprint density at radius 1 is 1.60 bits per heavy atom. The van der Waals surface area contributed by atoms with E-state index in [1.54, 1.807) is 7.11 Å². The number of aromatic nitrogens is 1. The molecule has 1 aromatic heterocycles. The van der Waals surface area contributed by atoms with Gasteiger partial charge >= 0.3 is 0 Å². The van der Waals surface area contributed by atoms with E-state index >= 15 is 0 Å². The second-order valence-electron chi connectivity index (χ2n) is 3.78. The number of nitrogens with zero attached hydrogens (tertiary/aromatic N) is 1. The maximum absolute atomic E-state index is 5.81. The minimum atomic E-state index is 0.430. The lowest BCUT2D eigenvalue weighted by molar-refractivity contribution is 0.0803. The zero-order valence-electron chi connectivity index (χ0n) is 8.90. The van der Waals surface area contributed by atoms with Gasteiger partial charge in [-0.3, -0.25) is 0 Å². The van der Waals surface area contributed by atoms with Crippen molar-refractivity contribution in [2.75, 3.05) is 26.1 Å². The minimum absolute atomic E-state index is 0.430. The van der Waals surface area contributed by atoms with Crippen LogP contribution in [0.5, 0.6) is 5.88 Å². The number of nitrogen functional groups attached to an aromatic ring is 1. The van der Waals surface area contributed by atoms with Gasteiger partial charge in [0.2, 0.25) is 5.88 Å².